The first-order valence-electron chi connectivity index (χ1n) is 7.35. The fourth-order valence-electron chi connectivity index (χ4n) is 2.18. The molecule has 1 amide bonds. The molecule has 2 aromatic carbocycles. The molecule has 0 radical (unpaired) electrons. The molecule has 0 aromatic heterocycles. The van der Waals surface area contributed by atoms with Crippen LogP contribution in [0.1, 0.15) is 6.92 Å². The third kappa shape index (κ3) is 3.79. The second-order valence-corrected chi connectivity index (χ2v) is 6.57. The van der Waals surface area contributed by atoms with Gasteiger partial charge in [-0.2, -0.15) is 0 Å². The maximum Gasteiger partial charge on any atom is 0.237 e. The molecule has 1 aliphatic heterocycles. The lowest BCUT2D eigenvalue weighted by atomic mass is 10.2. The topological polar surface area (TPSA) is 47.6 Å². The van der Waals surface area contributed by atoms with Gasteiger partial charge in [0.1, 0.15) is 24.8 Å². The number of halogens is 2. The fraction of sp³-hybridized carbons (Fsp3) is 0.235. The number of hydrogen-bond acceptors (Lipinski definition) is 4. The van der Waals surface area contributed by atoms with Crippen molar-refractivity contribution in [1.82, 2.24) is 0 Å². The molecule has 24 heavy (non-hydrogen) atoms. The van der Waals surface area contributed by atoms with E-state index in [4.69, 9.17) is 9.47 Å². The van der Waals surface area contributed by atoms with Crippen LogP contribution in [0.3, 0.4) is 0 Å². The quantitative estimate of drug-likeness (QED) is 0.850. The molecule has 0 bridgehead atoms. The van der Waals surface area contributed by atoms with Crippen LogP contribution in [0.15, 0.2) is 41.3 Å². The molecular formula is C17H15F2NO3S. The number of amides is 1. The molecule has 7 heteroatoms. The Morgan fingerprint density at radius 3 is 2.67 bits per heavy atom. The number of anilines is 1. The van der Waals surface area contributed by atoms with Crippen LogP contribution < -0.4 is 14.8 Å². The highest BCUT2D eigenvalue weighted by Crippen LogP contribution is 2.33. The lowest BCUT2D eigenvalue weighted by Gasteiger charge is -2.19. The van der Waals surface area contributed by atoms with Crippen LogP contribution in [0.25, 0.3) is 0 Å². The fourth-order valence-corrected chi connectivity index (χ4v) is 3.08. The summed E-state index contributed by atoms with van der Waals surface area (Å²) >= 11 is 0.958. The van der Waals surface area contributed by atoms with Crippen LogP contribution in [-0.2, 0) is 4.79 Å². The number of carbonyl (C=O) groups is 1. The zero-order valence-corrected chi connectivity index (χ0v) is 13.7. The van der Waals surface area contributed by atoms with Gasteiger partial charge >= 0.3 is 0 Å². The second kappa shape index (κ2) is 7.09. The summed E-state index contributed by atoms with van der Waals surface area (Å²) in [7, 11) is 0. The van der Waals surface area contributed by atoms with E-state index in [1.807, 2.05) is 0 Å². The van der Waals surface area contributed by atoms with E-state index in [-0.39, 0.29) is 10.8 Å². The molecule has 1 atom stereocenters. The summed E-state index contributed by atoms with van der Waals surface area (Å²) in [6, 6.07) is 8.25. The minimum atomic E-state index is -0.602. The standard InChI is InChI=1S/C17H15F2NO3S/c1-10(24-16-8-11(18)2-4-13(16)19)17(21)20-12-3-5-14-15(9-12)23-7-6-22-14/h2-5,8-10H,6-7H2,1H3,(H,20,21)/t10-/m1/s1. The maximum absolute atomic E-state index is 13.7. The van der Waals surface area contributed by atoms with Crippen molar-refractivity contribution in [2.24, 2.45) is 0 Å². The lowest BCUT2D eigenvalue weighted by molar-refractivity contribution is -0.115. The Labute approximate surface area is 142 Å². The number of nitrogens with one attached hydrogen (secondary N) is 1. The minimum absolute atomic E-state index is 0.0971. The van der Waals surface area contributed by atoms with Crippen LogP contribution in [0, 0.1) is 11.6 Å². The molecule has 0 saturated heterocycles. The molecule has 126 valence electrons. The first-order chi connectivity index (χ1) is 11.5. The number of benzene rings is 2. The normalized spacial score (nSPS) is 14.1. The summed E-state index contributed by atoms with van der Waals surface area (Å²) in [4.78, 5) is 12.4. The average Bonchev–Trinajstić information content (AvgIpc) is 2.58. The smallest absolute Gasteiger partial charge is 0.237 e. The highest BCUT2D eigenvalue weighted by atomic mass is 32.2. The van der Waals surface area contributed by atoms with Gasteiger partial charge in [-0.25, -0.2) is 8.78 Å². The summed E-state index contributed by atoms with van der Waals surface area (Å²) in [6.45, 7) is 2.57. The van der Waals surface area contributed by atoms with Gasteiger partial charge in [0.05, 0.1) is 5.25 Å². The van der Waals surface area contributed by atoms with Crippen molar-refractivity contribution in [3.05, 3.63) is 48.0 Å². The van der Waals surface area contributed by atoms with E-state index >= 15 is 0 Å². The Bertz CT molecular complexity index is 769. The molecule has 4 nitrogen and oxygen atoms in total. The molecule has 0 spiro atoms. The van der Waals surface area contributed by atoms with E-state index in [0.717, 1.165) is 30.0 Å². The lowest BCUT2D eigenvalue weighted by Crippen LogP contribution is -2.23. The molecule has 1 N–H and O–H groups in total. The summed E-state index contributed by atoms with van der Waals surface area (Å²) in [5, 5.41) is 2.13. The van der Waals surface area contributed by atoms with E-state index < -0.39 is 16.9 Å². The molecule has 1 heterocycles. The number of thioether (sulfide) groups is 1. The first kappa shape index (κ1) is 16.6. The zero-order valence-electron chi connectivity index (χ0n) is 12.8. The molecule has 0 fully saturated rings. The summed E-state index contributed by atoms with van der Waals surface area (Å²) in [5.41, 5.74) is 0.552. The number of ether oxygens (including phenoxy) is 2. The average molecular weight is 351 g/mol. The van der Waals surface area contributed by atoms with E-state index in [1.165, 1.54) is 0 Å². The van der Waals surface area contributed by atoms with E-state index in [9.17, 15) is 13.6 Å². The van der Waals surface area contributed by atoms with Crippen LogP contribution >= 0.6 is 11.8 Å². The molecule has 3 rings (SSSR count). The van der Waals surface area contributed by atoms with Crippen molar-refractivity contribution < 1.29 is 23.0 Å². The molecule has 0 aliphatic carbocycles. The number of carbonyl (C=O) groups excluding carboxylic acids is 1. The van der Waals surface area contributed by atoms with E-state index in [1.54, 1.807) is 25.1 Å². The van der Waals surface area contributed by atoms with Crippen LogP contribution in [-0.4, -0.2) is 24.4 Å². The highest BCUT2D eigenvalue weighted by Gasteiger charge is 2.18. The van der Waals surface area contributed by atoms with Crippen molar-refractivity contribution in [3.63, 3.8) is 0 Å². The summed E-state index contributed by atoms with van der Waals surface area (Å²) in [6.07, 6.45) is 0. The van der Waals surface area contributed by atoms with Crippen molar-refractivity contribution in [2.75, 3.05) is 18.5 Å². The molecule has 1 aliphatic rings. The molecular weight excluding hydrogens is 336 g/mol. The van der Waals surface area contributed by atoms with Crippen LogP contribution in [0.2, 0.25) is 0 Å². The Morgan fingerprint density at radius 2 is 1.88 bits per heavy atom. The van der Waals surface area contributed by atoms with Gasteiger partial charge in [0.25, 0.3) is 0 Å². The predicted octanol–water partition coefficient (Wildman–Crippen LogP) is 3.86. The van der Waals surface area contributed by atoms with Gasteiger partial charge in [0.2, 0.25) is 5.91 Å². The molecule has 0 unspecified atom stereocenters. The van der Waals surface area contributed by atoms with Gasteiger partial charge in [-0.1, -0.05) is 0 Å². The SMILES string of the molecule is C[C@@H](Sc1cc(F)ccc1F)C(=O)Nc1ccc2c(c1)OCCO2. The zero-order chi connectivity index (χ0) is 17.1. The Balaban J connectivity index is 1.67. The first-order valence-corrected chi connectivity index (χ1v) is 8.23. The Kier molecular flexibility index (Phi) is 4.89. The van der Waals surface area contributed by atoms with Crippen LogP contribution in [0.4, 0.5) is 14.5 Å². The highest BCUT2D eigenvalue weighted by molar-refractivity contribution is 8.00. The van der Waals surface area contributed by atoms with Crippen LogP contribution in [0.5, 0.6) is 11.5 Å². The summed E-state index contributed by atoms with van der Waals surface area (Å²) in [5.74, 6) is -0.224. The van der Waals surface area contributed by atoms with Gasteiger partial charge in [0, 0.05) is 16.6 Å². The predicted molar refractivity (Wildman–Crippen MR) is 87.7 cm³/mol. The molecule has 2 aromatic rings. The van der Waals surface area contributed by atoms with Gasteiger partial charge in [0.15, 0.2) is 11.5 Å². The Morgan fingerprint density at radius 1 is 1.12 bits per heavy atom. The van der Waals surface area contributed by atoms with Crippen molar-refractivity contribution in [3.8, 4) is 11.5 Å². The maximum atomic E-state index is 13.7. The van der Waals surface area contributed by atoms with Crippen molar-refractivity contribution >= 4 is 23.4 Å². The number of rotatable bonds is 4. The summed E-state index contributed by atoms with van der Waals surface area (Å²) < 4.78 is 37.7. The van der Waals surface area contributed by atoms with Gasteiger partial charge in [-0.05, 0) is 37.3 Å². The van der Waals surface area contributed by atoms with Crippen molar-refractivity contribution in [2.45, 2.75) is 17.1 Å². The van der Waals surface area contributed by atoms with Gasteiger partial charge in [-0.15, -0.1) is 11.8 Å². The third-order valence-corrected chi connectivity index (χ3v) is 4.51. The minimum Gasteiger partial charge on any atom is -0.486 e. The molecule has 0 saturated carbocycles. The Hall–Kier alpha value is -2.28. The number of fused-ring (bicyclic) bond motifs is 1. The van der Waals surface area contributed by atoms with Gasteiger partial charge < -0.3 is 14.8 Å². The number of hydrogen-bond donors (Lipinski definition) is 1. The van der Waals surface area contributed by atoms with E-state index in [0.29, 0.717) is 30.4 Å². The third-order valence-electron chi connectivity index (χ3n) is 3.38. The largest absolute Gasteiger partial charge is 0.486 e. The van der Waals surface area contributed by atoms with Gasteiger partial charge in [-0.3, -0.25) is 4.79 Å². The monoisotopic (exact) mass is 351 g/mol. The van der Waals surface area contributed by atoms with E-state index in [2.05, 4.69) is 5.32 Å². The second-order valence-electron chi connectivity index (χ2n) is 5.18. The van der Waals surface area contributed by atoms with Crippen molar-refractivity contribution in [1.29, 1.82) is 0 Å².